The van der Waals surface area contributed by atoms with E-state index in [1.165, 1.54) is 0 Å². The highest BCUT2D eigenvalue weighted by molar-refractivity contribution is 5.89. The van der Waals surface area contributed by atoms with Crippen LogP contribution in [0.1, 0.15) is 28.8 Å². The van der Waals surface area contributed by atoms with Crippen molar-refractivity contribution < 1.29 is 19.4 Å². The third-order valence-corrected chi connectivity index (χ3v) is 2.92. The molecule has 0 saturated carbocycles. The first-order chi connectivity index (χ1) is 9.65. The number of benzene rings is 1. The zero-order valence-electron chi connectivity index (χ0n) is 11.3. The van der Waals surface area contributed by atoms with Gasteiger partial charge in [-0.05, 0) is 31.9 Å². The van der Waals surface area contributed by atoms with Gasteiger partial charge in [-0.2, -0.15) is 5.01 Å². The fourth-order valence-corrected chi connectivity index (χ4v) is 1.82. The molecule has 0 amide bonds. The van der Waals surface area contributed by atoms with Crippen LogP contribution in [0.5, 0.6) is 0 Å². The Morgan fingerprint density at radius 1 is 1.35 bits per heavy atom. The molecule has 7 nitrogen and oxygen atoms in total. The lowest BCUT2D eigenvalue weighted by molar-refractivity contribution is -0.805. The van der Waals surface area contributed by atoms with Crippen molar-refractivity contribution in [1.82, 2.24) is 5.01 Å². The fourth-order valence-electron chi connectivity index (χ4n) is 1.82. The van der Waals surface area contributed by atoms with E-state index in [4.69, 9.17) is 4.74 Å². The molecule has 7 heteroatoms. The molecule has 0 aliphatic carbocycles. The smallest absolute Gasteiger partial charge is 0.339 e. The Kier molecular flexibility index (Phi) is 4.75. The predicted octanol–water partition coefficient (Wildman–Crippen LogP) is 2.01. The van der Waals surface area contributed by atoms with Crippen molar-refractivity contribution in [3.8, 4) is 0 Å². The van der Waals surface area contributed by atoms with Gasteiger partial charge >= 0.3 is 5.97 Å². The summed E-state index contributed by atoms with van der Waals surface area (Å²) in [5, 5.41) is 16.6. The first kappa shape index (κ1) is 14.1. The van der Waals surface area contributed by atoms with E-state index in [0.29, 0.717) is 5.56 Å². The van der Waals surface area contributed by atoms with Gasteiger partial charge < -0.3 is 14.8 Å². The van der Waals surface area contributed by atoms with E-state index in [-0.39, 0.29) is 5.02 Å². The number of aryl methyl sites for hydroxylation is 1. The lowest BCUT2D eigenvalue weighted by atomic mass is 10.2. The monoisotopic (exact) mass is 279 g/mol. The van der Waals surface area contributed by atoms with Gasteiger partial charge in [-0.15, -0.1) is 0 Å². The highest BCUT2D eigenvalue weighted by Crippen LogP contribution is 2.08. The minimum Gasteiger partial charge on any atom is -0.447 e. The molecule has 0 unspecified atom stereocenters. The molecule has 0 aromatic heterocycles. The van der Waals surface area contributed by atoms with Crippen molar-refractivity contribution in [3.63, 3.8) is 0 Å². The zero-order chi connectivity index (χ0) is 14.4. The minimum absolute atomic E-state index is 0.0771. The second-order valence-electron chi connectivity index (χ2n) is 4.53. The molecular weight excluding hydrogens is 262 g/mol. The normalized spacial score (nSPS) is 15.2. The summed E-state index contributed by atoms with van der Waals surface area (Å²) in [7, 11) is 0. The summed E-state index contributed by atoms with van der Waals surface area (Å²) in [6.07, 6.45) is 2.03. The third kappa shape index (κ3) is 4.11. The largest absolute Gasteiger partial charge is 0.447 e. The minimum atomic E-state index is -0.542. The maximum atomic E-state index is 11.6. The van der Waals surface area contributed by atoms with E-state index in [1.54, 1.807) is 29.3 Å². The van der Waals surface area contributed by atoms with Crippen LogP contribution in [0.2, 0.25) is 0 Å². The second-order valence-corrected chi connectivity index (χ2v) is 4.53. The molecule has 108 valence electrons. The summed E-state index contributed by atoms with van der Waals surface area (Å²) in [6, 6.07) is 6.92. The van der Waals surface area contributed by atoms with E-state index in [0.717, 1.165) is 31.5 Å². The molecule has 2 rings (SSSR count). The Bertz CT molecular complexity index is 481. The van der Waals surface area contributed by atoms with Crippen molar-refractivity contribution in [3.05, 3.63) is 40.6 Å². The van der Waals surface area contributed by atoms with Gasteiger partial charge in [0.15, 0.2) is 6.79 Å². The molecule has 0 bridgehead atoms. The molecular formula is C13H17N3O4. The highest BCUT2D eigenvalue weighted by atomic mass is 16.9. The maximum absolute atomic E-state index is 11.6. The highest BCUT2D eigenvalue weighted by Gasteiger charge is 2.16. The van der Waals surface area contributed by atoms with Crippen molar-refractivity contribution in [2.45, 2.75) is 19.8 Å². The summed E-state index contributed by atoms with van der Waals surface area (Å²) < 4.78 is 4.82. The van der Waals surface area contributed by atoms with E-state index in [9.17, 15) is 10.0 Å². The van der Waals surface area contributed by atoms with Gasteiger partial charge in [-0.25, -0.2) is 4.79 Å². The Balaban J connectivity index is 1.74. The number of nitrogens with zero attached hydrogens (tertiary/aromatic N) is 3. The van der Waals surface area contributed by atoms with Crippen LogP contribution in [0.25, 0.3) is 0 Å². The molecule has 0 atom stereocenters. The number of hydrogen-bond donors (Lipinski definition) is 0. The van der Waals surface area contributed by atoms with Crippen LogP contribution in [0, 0.1) is 12.1 Å². The van der Waals surface area contributed by atoms with Crippen LogP contribution < -0.4 is 0 Å². The summed E-state index contributed by atoms with van der Waals surface area (Å²) >= 11 is 0. The Morgan fingerprint density at radius 3 is 2.65 bits per heavy atom. The molecule has 1 aromatic carbocycles. The molecule has 1 fully saturated rings. The summed E-state index contributed by atoms with van der Waals surface area (Å²) in [4.78, 5) is 16.3. The number of hydrogen-bond acceptors (Lipinski definition) is 5. The number of ether oxygens (including phenoxy) is 1. The average Bonchev–Trinajstić information content (AvgIpc) is 2.92. The SMILES string of the molecule is Cc1ccc(C(=O)OCO/[N+]([O-])=N/N2CCCC2)cc1. The van der Waals surface area contributed by atoms with Crippen LogP contribution >= 0.6 is 0 Å². The van der Waals surface area contributed by atoms with Gasteiger partial charge in [0, 0.05) is 0 Å². The Hall–Kier alpha value is -2.31. The molecule has 1 saturated heterocycles. The maximum Gasteiger partial charge on any atom is 0.339 e. The summed E-state index contributed by atoms with van der Waals surface area (Å²) in [5.74, 6) is -0.542. The van der Waals surface area contributed by atoms with Crippen molar-refractivity contribution in [1.29, 1.82) is 0 Å². The number of carbonyl (C=O) groups is 1. The van der Waals surface area contributed by atoms with E-state index in [1.807, 2.05) is 6.92 Å². The quantitative estimate of drug-likeness (QED) is 0.356. The van der Waals surface area contributed by atoms with Gasteiger partial charge in [-0.1, -0.05) is 17.7 Å². The lowest BCUT2D eigenvalue weighted by Crippen LogP contribution is -2.18. The third-order valence-electron chi connectivity index (χ3n) is 2.92. The molecule has 0 N–H and O–H groups in total. The van der Waals surface area contributed by atoms with Crippen LogP contribution in [-0.2, 0) is 9.57 Å². The van der Waals surface area contributed by atoms with Gasteiger partial charge in [0.2, 0.25) is 0 Å². The summed E-state index contributed by atoms with van der Waals surface area (Å²) in [5.41, 5.74) is 1.46. The molecule has 0 radical (unpaired) electrons. The van der Waals surface area contributed by atoms with Gasteiger partial charge in [0.25, 0.3) is 0 Å². The second kappa shape index (κ2) is 6.74. The average molecular weight is 279 g/mol. The van der Waals surface area contributed by atoms with E-state index >= 15 is 0 Å². The molecule has 1 aliphatic heterocycles. The summed E-state index contributed by atoms with van der Waals surface area (Å²) in [6.45, 7) is 2.94. The van der Waals surface area contributed by atoms with Gasteiger partial charge in [-0.3, -0.25) is 0 Å². The van der Waals surface area contributed by atoms with Crippen LogP contribution in [-0.4, -0.2) is 35.9 Å². The van der Waals surface area contributed by atoms with Crippen molar-refractivity contribution in [2.75, 3.05) is 19.9 Å². The zero-order valence-corrected chi connectivity index (χ0v) is 11.3. The molecule has 1 aromatic rings. The van der Waals surface area contributed by atoms with E-state index in [2.05, 4.69) is 10.1 Å². The number of rotatable bonds is 5. The van der Waals surface area contributed by atoms with Gasteiger partial charge in [0.1, 0.15) is 18.3 Å². The van der Waals surface area contributed by atoms with E-state index < -0.39 is 12.8 Å². The van der Waals surface area contributed by atoms with Crippen LogP contribution in [0.15, 0.2) is 29.5 Å². The first-order valence-electron chi connectivity index (χ1n) is 6.45. The molecule has 1 heterocycles. The fraction of sp³-hybridized carbons (Fsp3) is 0.462. The van der Waals surface area contributed by atoms with Crippen LogP contribution in [0.3, 0.4) is 0 Å². The predicted molar refractivity (Wildman–Crippen MR) is 69.4 cm³/mol. The topological polar surface area (TPSA) is 77.2 Å². The first-order valence-corrected chi connectivity index (χ1v) is 6.45. The van der Waals surface area contributed by atoms with Crippen LogP contribution in [0.4, 0.5) is 0 Å². The molecule has 20 heavy (non-hydrogen) atoms. The Morgan fingerprint density at radius 2 is 2.00 bits per heavy atom. The Labute approximate surface area is 116 Å². The molecule has 1 aliphatic rings. The van der Waals surface area contributed by atoms with Crippen molar-refractivity contribution in [2.24, 2.45) is 5.22 Å². The molecule has 0 spiro atoms. The number of carbonyl (C=O) groups excluding carboxylic acids is 1. The lowest BCUT2D eigenvalue weighted by Gasteiger charge is -2.10. The van der Waals surface area contributed by atoms with Crippen molar-refractivity contribution >= 4 is 5.97 Å². The number of esters is 1. The van der Waals surface area contributed by atoms with Gasteiger partial charge in [0.05, 0.1) is 10.6 Å². The standard InChI is InChI=1S/C13H17N3O4/c1-11-4-6-12(7-5-11)13(17)19-10-20-16(18)14-15-8-2-3-9-15/h4-7H,2-3,8-10H2,1H3/b16-14+.